The van der Waals surface area contributed by atoms with Gasteiger partial charge in [-0.15, -0.1) is 0 Å². The summed E-state index contributed by atoms with van der Waals surface area (Å²) in [6.07, 6.45) is 0. The molecule has 6 nitrogen and oxygen atoms in total. The van der Waals surface area contributed by atoms with Crippen LogP contribution in [-0.4, -0.2) is 22.9 Å². The number of rotatable bonds is 5. The second kappa shape index (κ2) is 6.30. The summed E-state index contributed by atoms with van der Waals surface area (Å²) in [6.45, 7) is 5.12. The van der Waals surface area contributed by atoms with Crippen LogP contribution in [0.15, 0.2) is 24.3 Å². The first kappa shape index (κ1) is 14.9. The first-order chi connectivity index (χ1) is 10.0. The van der Waals surface area contributed by atoms with E-state index in [4.69, 9.17) is 10.5 Å². The third-order valence-corrected chi connectivity index (χ3v) is 3.09. The molecule has 2 aromatic rings. The predicted octanol–water partition coefficient (Wildman–Crippen LogP) is 2.16. The van der Waals surface area contributed by atoms with Crippen LogP contribution >= 0.6 is 0 Å². The lowest BCUT2D eigenvalue weighted by atomic mass is 10.2. The van der Waals surface area contributed by atoms with Crippen molar-refractivity contribution in [3.05, 3.63) is 41.2 Å². The first-order valence-electron chi connectivity index (χ1n) is 6.69. The van der Waals surface area contributed by atoms with Gasteiger partial charge in [0.25, 0.3) is 0 Å². The lowest BCUT2D eigenvalue weighted by Gasteiger charge is -2.10. The fraction of sp³-hybridized carbons (Fsp3) is 0.333. The minimum Gasteiger partial charge on any atom is -0.485 e. The van der Waals surface area contributed by atoms with Gasteiger partial charge in [-0.1, -0.05) is 0 Å². The van der Waals surface area contributed by atoms with Gasteiger partial charge in [0.2, 0.25) is 0 Å². The van der Waals surface area contributed by atoms with Crippen LogP contribution in [0.1, 0.15) is 28.7 Å². The van der Waals surface area contributed by atoms with Crippen molar-refractivity contribution < 1.29 is 14.3 Å². The number of anilines is 1. The van der Waals surface area contributed by atoms with E-state index < -0.39 is 5.97 Å². The molecule has 0 aliphatic carbocycles. The highest BCUT2D eigenvalue weighted by Gasteiger charge is 2.10. The molecule has 21 heavy (non-hydrogen) atoms. The second-order valence-corrected chi connectivity index (χ2v) is 4.63. The van der Waals surface area contributed by atoms with E-state index in [-0.39, 0.29) is 0 Å². The summed E-state index contributed by atoms with van der Waals surface area (Å²) < 4.78 is 12.2. The average Bonchev–Trinajstić information content (AvgIpc) is 2.85. The molecule has 2 N–H and O–H groups in total. The number of carbonyl (C=O) groups is 1. The highest BCUT2D eigenvalue weighted by molar-refractivity contribution is 5.90. The Morgan fingerprint density at radius 3 is 2.76 bits per heavy atom. The predicted molar refractivity (Wildman–Crippen MR) is 79.2 cm³/mol. The highest BCUT2D eigenvalue weighted by Crippen LogP contribution is 2.24. The third-order valence-electron chi connectivity index (χ3n) is 3.09. The van der Waals surface area contributed by atoms with E-state index in [0.717, 1.165) is 17.9 Å². The van der Waals surface area contributed by atoms with Gasteiger partial charge in [0, 0.05) is 6.54 Å². The van der Waals surface area contributed by atoms with Crippen molar-refractivity contribution in [1.29, 1.82) is 0 Å². The van der Waals surface area contributed by atoms with Crippen molar-refractivity contribution in [3.8, 4) is 5.75 Å². The van der Waals surface area contributed by atoms with E-state index in [1.807, 2.05) is 24.6 Å². The number of hydrogen-bond acceptors (Lipinski definition) is 5. The van der Waals surface area contributed by atoms with Crippen molar-refractivity contribution in [2.75, 3.05) is 12.8 Å². The Bertz CT molecular complexity index is 650. The molecule has 0 aliphatic heterocycles. The van der Waals surface area contributed by atoms with Crippen molar-refractivity contribution in [3.63, 3.8) is 0 Å². The molecule has 0 unspecified atom stereocenters. The molecule has 1 aromatic carbocycles. The normalized spacial score (nSPS) is 10.4. The van der Waals surface area contributed by atoms with Crippen molar-refractivity contribution in [2.45, 2.75) is 27.0 Å². The highest BCUT2D eigenvalue weighted by atomic mass is 16.5. The molecule has 1 aromatic heterocycles. The van der Waals surface area contributed by atoms with Crippen LogP contribution in [0.4, 0.5) is 5.69 Å². The molecule has 0 spiro atoms. The number of aromatic nitrogens is 2. The zero-order valence-electron chi connectivity index (χ0n) is 12.4. The number of nitrogens with zero attached hydrogens (tertiary/aromatic N) is 2. The topological polar surface area (TPSA) is 79.4 Å². The van der Waals surface area contributed by atoms with E-state index in [1.54, 1.807) is 18.2 Å². The molecule has 0 aliphatic rings. The summed E-state index contributed by atoms with van der Waals surface area (Å²) >= 11 is 0. The van der Waals surface area contributed by atoms with Crippen LogP contribution in [0.5, 0.6) is 5.75 Å². The van der Waals surface area contributed by atoms with Crippen molar-refractivity contribution >= 4 is 11.7 Å². The zero-order chi connectivity index (χ0) is 15.4. The summed E-state index contributed by atoms with van der Waals surface area (Å²) in [6, 6.07) is 6.81. The Morgan fingerprint density at radius 1 is 1.38 bits per heavy atom. The number of benzene rings is 1. The molecule has 0 saturated heterocycles. The average molecular weight is 289 g/mol. The Kier molecular flexibility index (Phi) is 4.47. The van der Waals surface area contributed by atoms with Crippen LogP contribution in [0.25, 0.3) is 0 Å². The van der Waals surface area contributed by atoms with Gasteiger partial charge in [-0.2, -0.15) is 5.10 Å². The van der Waals surface area contributed by atoms with Crippen LogP contribution in [0, 0.1) is 6.92 Å². The van der Waals surface area contributed by atoms with Gasteiger partial charge >= 0.3 is 5.97 Å². The monoisotopic (exact) mass is 289 g/mol. The zero-order valence-corrected chi connectivity index (χ0v) is 12.4. The number of nitrogens with two attached hydrogens (primary N) is 1. The molecule has 112 valence electrons. The van der Waals surface area contributed by atoms with Crippen LogP contribution in [-0.2, 0) is 17.9 Å². The van der Waals surface area contributed by atoms with E-state index in [0.29, 0.717) is 23.6 Å². The standard InChI is InChI=1S/C15H19N3O3/c1-4-18-12(7-10(2)17-18)9-21-14-6-5-11(8-13(14)16)15(19)20-3/h5-8H,4,9,16H2,1-3H3. The van der Waals surface area contributed by atoms with E-state index in [1.165, 1.54) is 7.11 Å². The van der Waals surface area contributed by atoms with Gasteiger partial charge in [-0.3, -0.25) is 4.68 Å². The van der Waals surface area contributed by atoms with Gasteiger partial charge in [0.1, 0.15) is 12.4 Å². The van der Waals surface area contributed by atoms with Gasteiger partial charge < -0.3 is 15.2 Å². The van der Waals surface area contributed by atoms with Gasteiger partial charge in [-0.05, 0) is 38.1 Å². The van der Waals surface area contributed by atoms with Crippen LogP contribution < -0.4 is 10.5 Å². The summed E-state index contributed by atoms with van der Waals surface area (Å²) in [7, 11) is 1.33. The number of aryl methyl sites for hydroxylation is 2. The number of carbonyl (C=O) groups excluding carboxylic acids is 1. The van der Waals surface area contributed by atoms with Crippen molar-refractivity contribution in [1.82, 2.24) is 9.78 Å². The molecule has 1 heterocycles. The summed E-state index contributed by atoms with van der Waals surface area (Å²) in [5.74, 6) is 0.108. The molecule has 2 rings (SSSR count). The third kappa shape index (κ3) is 3.34. The molecule has 0 saturated carbocycles. The molecule has 0 atom stereocenters. The molecule has 0 bridgehead atoms. The number of esters is 1. The number of nitrogen functional groups attached to an aromatic ring is 1. The number of ether oxygens (including phenoxy) is 2. The summed E-state index contributed by atoms with van der Waals surface area (Å²) in [5, 5.41) is 4.36. The fourth-order valence-corrected chi connectivity index (χ4v) is 2.07. The number of methoxy groups -OCH3 is 1. The van der Waals surface area contributed by atoms with Crippen molar-refractivity contribution in [2.24, 2.45) is 0 Å². The minimum absolute atomic E-state index is 0.371. The Balaban J connectivity index is 2.11. The summed E-state index contributed by atoms with van der Waals surface area (Å²) in [5.41, 5.74) is 8.63. The Labute approximate surface area is 123 Å². The smallest absolute Gasteiger partial charge is 0.337 e. The molecule has 6 heteroatoms. The van der Waals surface area contributed by atoms with Gasteiger partial charge in [0.05, 0.1) is 29.7 Å². The quantitative estimate of drug-likeness (QED) is 0.674. The van der Waals surface area contributed by atoms with Crippen LogP contribution in [0.2, 0.25) is 0 Å². The number of hydrogen-bond donors (Lipinski definition) is 1. The second-order valence-electron chi connectivity index (χ2n) is 4.63. The molecular formula is C15H19N3O3. The van der Waals surface area contributed by atoms with Gasteiger partial charge in [0.15, 0.2) is 0 Å². The van der Waals surface area contributed by atoms with Gasteiger partial charge in [-0.25, -0.2) is 4.79 Å². The maximum atomic E-state index is 11.4. The lowest BCUT2D eigenvalue weighted by Crippen LogP contribution is -2.07. The Hall–Kier alpha value is -2.50. The fourth-order valence-electron chi connectivity index (χ4n) is 2.07. The first-order valence-corrected chi connectivity index (χ1v) is 6.69. The Morgan fingerprint density at radius 2 is 2.14 bits per heavy atom. The largest absolute Gasteiger partial charge is 0.485 e. The lowest BCUT2D eigenvalue weighted by molar-refractivity contribution is 0.0600. The maximum absolute atomic E-state index is 11.4. The summed E-state index contributed by atoms with van der Waals surface area (Å²) in [4.78, 5) is 11.4. The van der Waals surface area contributed by atoms with Crippen LogP contribution in [0.3, 0.4) is 0 Å². The molecular weight excluding hydrogens is 270 g/mol. The SMILES string of the molecule is CCn1nc(C)cc1COc1ccc(C(=O)OC)cc1N. The molecule has 0 amide bonds. The van der Waals surface area contributed by atoms with E-state index >= 15 is 0 Å². The maximum Gasteiger partial charge on any atom is 0.337 e. The minimum atomic E-state index is -0.423. The molecule has 0 radical (unpaired) electrons. The van der Waals surface area contributed by atoms with E-state index in [9.17, 15) is 4.79 Å². The molecule has 0 fully saturated rings. The van der Waals surface area contributed by atoms with E-state index in [2.05, 4.69) is 9.84 Å².